The minimum atomic E-state index is -4.39. The molecule has 5 nitrogen and oxygen atoms in total. The Morgan fingerprint density at radius 1 is 0.926 bits per heavy atom. The smallest absolute Gasteiger partial charge is 0.298 e. The van der Waals surface area contributed by atoms with Crippen LogP contribution >= 0.6 is 0 Å². The van der Waals surface area contributed by atoms with E-state index in [4.69, 9.17) is 4.74 Å². The van der Waals surface area contributed by atoms with E-state index in [2.05, 4.69) is 6.92 Å². The molecule has 0 amide bonds. The van der Waals surface area contributed by atoms with Crippen molar-refractivity contribution in [3.8, 4) is 17.2 Å². The number of aryl methyl sites for hydroxylation is 1. The molecule has 0 spiro atoms. The maximum atomic E-state index is 11.5. The number of aromatic hydroxyl groups is 1. The number of unbranched alkanes of at least 4 members (excludes halogenated alkanes) is 6. The van der Waals surface area contributed by atoms with Crippen LogP contribution in [0.1, 0.15) is 57.4 Å². The first kappa shape index (κ1) is 21.3. The molecule has 2 N–H and O–H groups in total. The summed E-state index contributed by atoms with van der Waals surface area (Å²) >= 11 is 0. The highest BCUT2D eigenvalue weighted by molar-refractivity contribution is 7.86. The molecule has 0 heterocycles. The minimum absolute atomic E-state index is 0.0208. The van der Waals surface area contributed by atoms with Crippen LogP contribution in [-0.4, -0.2) is 18.1 Å². The van der Waals surface area contributed by atoms with Crippen LogP contribution in [0.4, 0.5) is 0 Å². The summed E-state index contributed by atoms with van der Waals surface area (Å²) in [5.74, 6) is 0.423. The van der Waals surface area contributed by atoms with Gasteiger partial charge in [0.05, 0.1) is 0 Å². The van der Waals surface area contributed by atoms with Crippen LogP contribution in [0.15, 0.2) is 47.4 Å². The van der Waals surface area contributed by atoms with E-state index >= 15 is 0 Å². The second kappa shape index (κ2) is 10.3. The molecule has 2 rings (SSSR count). The van der Waals surface area contributed by atoms with E-state index in [0.29, 0.717) is 5.75 Å². The van der Waals surface area contributed by atoms with Crippen molar-refractivity contribution < 1.29 is 22.8 Å². The molecule has 0 aliphatic rings. The highest BCUT2D eigenvalue weighted by atomic mass is 32.2. The summed E-state index contributed by atoms with van der Waals surface area (Å²) in [6, 6.07) is 10.8. The molecule has 0 saturated carbocycles. The molecule has 0 fully saturated rings. The second-order valence-electron chi connectivity index (χ2n) is 6.73. The summed E-state index contributed by atoms with van der Waals surface area (Å²) in [4.78, 5) is -0.304. The van der Waals surface area contributed by atoms with Crippen molar-refractivity contribution >= 4 is 10.1 Å². The summed E-state index contributed by atoms with van der Waals surface area (Å²) in [5, 5.41) is 9.95. The number of rotatable bonds is 11. The van der Waals surface area contributed by atoms with Gasteiger partial charge in [0.25, 0.3) is 10.1 Å². The van der Waals surface area contributed by atoms with Gasteiger partial charge in [0, 0.05) is 6.07 Å². The summed E-state index contributed by atoms with van der Waals surface area (Å²) in [6.07, 6.45) is 9.27. The van der Waals surface area contributed by atoms with Gasteiger partial charge in [-0.2, -0.15) is 8.42 Å². The Morgan fingerprint density at radius 2 is 1.59 bits per heavy atom. The maximum absolute atomic E-state index is 11.5. The molecule has 0 bridgehead atoms. The lowest BCUT2D eigenvalue weighted by Gasteiger charge is -2.11. The van der Waals surface area contributed by atoms with Crippen molar-refractivity contribution in [3.63, 3.8) is 0 Å². The number of phenolic OH excluding ortho intramolecular Hbond substituents is 1. The Kier molecular flexibility index (Phi) is 8.13. The fourth-order valence-corrected chi connectivity index (χ4v) is 3.62. The van der Waals surface area contributed by atoms with Gasteiger partial charge in [0.2, 0.25) is 0 Å². The maximum Gasteiger partial charge on any atom is 0.298 e. The molecular formula is C21H28O5S. The van der Waals surface area contributed by atoms with E-state index in [0.717, 1.165) is 24.8 Å². The Hall–Kier alpha value is -2.05. The first-order valence-electron chi connectivity index (χ1n) is 9.47. The first-order valence-corrected chi connectivity index (χ1v) is 10.9. The number of phenols is 1. The Labute approximate surface area is 161 Å². The molecule has 0 aromatic heterocycles. The lowest BCUT2D eigenvalue weighted by molar-refractivity contribution is 0.439. The van der Waals surface area contributed by atoms with Crippen LogP contribution in [0, 0.1) is 0 Å². The Balaban J connectivity index is 2.00. The molecule has 0 atom stereocenters. The van der Waals surface area contributed by atoms with Gasteiger partial charge in [-0.1, -0.05) is 57.6 Å². The quantitative estimate of drug-likeness (QED) is 0.377. The molecule has 148 valence electrons. The second-order valence-corrected chi connectivity index (χ2v) is 8.12. The van der Waals surface area contributed by atoms with E-state index in [1.807, 2.05) is 0 Å². The van der Waals surface area contributed by atoms with Crippen LogP contribution in [0.2, 0.25) is 0 Å². The molecule has 0 unspecified atom stereocenters. The predicted octanol–water partition coefficient (Wildman–Crippen LogP) is 5.72. The first-order chi connectivity index (χ1) is 12.9. The highest BCUT2D eigenvalue weighted by Crippen LogP contribution is 2.31. The van der Waals surface area contributed by atoms with Gasteiger partial charge in [0.15, 0.2) is 0 Å². The molecule has 2 aromatic carbocycles. The average molecular weight is 393 g/mol. The van der Waals surface area contributed by atoms with Crippen LogP contribution in [0.25, 0.3) is 0 Å². The molecule has 27 heavy (non-hydrogen) atoms. The van der Waals surface area contributed by atoms with Crippen molar-refractivity contribution in [2.75, 3.05) is 0 Å². The molecule has 0 aliphatic carbocycles. The molecular weight excluding hydrogens is 364 g/mol. The molecule has 0 saturated heterocycles. The molecule has 0 aliphatic heterocycles. The standard InChI is InChI=1S/C21H28O5S/c1-2-3-4-5-6-7-8-11-17-14-18(22)16-19(15-17)26-20-12-9-10-13-21(20)27(23,24)25/h9-10,12-16,22H,2-8,11H2,1H3,(H,23,24,25). The van der Waals surface area contributed by atoms with Crippen LogP contribution in [0.5, 0.6) is 17.2 Å². The van der Waals surface area contributed by atoms with Crippen molar-refractivity contribution in [2.45, 2.75) is 63.2 Å². The van der Waals surface area contributed by atoms with E-state index in [-0.39, 0.29) is 16.4 Å². The minimum Gasteiger partial charge on any atom is -0.508 e. The van der Waals surface area contributed by atoms with Gasteiger partial charge >= 0.3 is 0 Å². The third-order valence-electron chi connectivity index (χ3n) is 4.37. The highest BCUT2D eigenvalue weighted by Gasteiger charge is 2.16. The summed E-state index contributed by atoms with van der Waals surface area (Å²) in [7, 11) is -4.39. The Morgan fingerprint density at radius 3 is 2.30 bits per heavy atom. The van der Waals surface area contributed by atoms with Crippen LogP contribution < -0.4 is 4.74 Å². The topological polar surface area (TPSA) is 83.8 Å². The third kappa shape index (κ3) is 7.23. The molecule has 0 radical (unpaired) electrons. The zero-order valence-electron chi connectivity index (χ0n) is 15.7. The third-order valence-corrected chi connectivity index (χ3v) is 5.27. The predicted molar refractivity (Wildman–Crippen MR) is 106 cm³/mol. The van der Waals surface area contributed by atoms with Crippen LogP contribution in [-0.2, 0) is 16.5 Å². The van der Waals surface area contributed by atoms with Crippen molar-refractivity contribution in [2.24, 2.45) is 0 Å². The summed E-state index contributed by atoms with van der Waals surface area (Å²) in [5.41, 5.74) is 0.933. The zero-order chi connectivity index (χ0) is 19.7. The summed E-state index contributed by atoms with van der Waals surface area (Å²) in [6.45, 7) is 2.20. The van der Waals surface area contributed by atoms with Gasteiger partial charge < -0.3 is 9.84 Å². The van der Waals surface area contributed by atoms with E-state index in [1.165, 1.54) is 56.4 Å². The van der Waals surface area contributed by atoms with Crippen molar-refractivity contribution in [3.05, 3.63) is 48.0 Å². The number of ether oxygens (including phenoxy) is 1. The SMILES string of the molecule is CCCCCCCCCc1cc(O)cc(Oc2ccccc2S(=O)(=O)O)c1. The molecule has 2 aromatic rings. The lowest BCUT2D eigenvalue weighted by Crippen LogP contribution is -2.01. The lowest BCUT2D eigenvalue weighted by atomic mass is 10.0. The number of benzene rings is 2. The van der Waals surface area contributed by atoms with E-state index < -0.39 is 10.1 Å². The number of para-hydroxylation sites is 1. The molecule has 6 heteroatoms. The largest absolute Gasteiger partial charge is 0.508 e. The van der Waals surface area contributed by atoms with Crippen LogP contribution in [0.3, 0.4) is 0 Å². The summed E-state index contributed by atoms with van der Waals surface area (Å²) < 4.78 is 37.9. The van der Waals surface area contributed by atoms with Gasteiger partial charge in [-0.3, -0.25) is 4.55 Å². The Bertz CT molecular complexity index is 830. The van der Waals surface area contributed by atoms with Gasteiger partial charge in [-0.15, -0.1) is 0 Å². The van der Waals surface area contributed by atoms with Gasteiger partial charge in [-0.25, -0.2) is 0 Å². The normalized spacial score (nSPS) is 11.5. The number of hydrogen-bond donors (Lipinski definition) is 2. The van der Waals surface area contributed by atoms with Crippen molar-refractivity contribution in [1.82, 2.24) is 0 Å². The number of hydrogen-bond acceptors (Lipinski definition) is 4. The monoisotopic (exact) mass is 392 g/mol. The fraction of sp³-hybridized carbons (Fsp3) is 0.429. The average Bonchev–Trinajstić information content (AvgIpc) is 2.60. The van der Waals surface area contributed by atoms with Crippen molar-refractivity contribution in [1.29, 1.82) is 0 Å². The van der Waals surface area contributed by atoms with E-state index in [9.17, 15) is 18.1 Å². The van der Waals surface area contributed by atoms with Gasteiger partial charge in [-0.05, 0) is 42.7 Å². The fourth-order valence-electron chi connectivity index (χ4n) is 3.01. The zero-order valence-corrected chi connectivity index (χ0v) is 16.5. The van der Waals surface area contributed by atoms with E-state index in [1.54, 1.807) is 18.2 Å². The van der Waals surface area contributed by atoms with Gasteiger partial charge in [0.1, 0.15) is 22.1 Å².